The molecule has 84 valence electrons. The summed E-state index contributed by atoms with van der Waals surface area (Å²) in [6.07, 6.45) is 0.146. The van der Waals surface area contributed by atoms with Gasteiger partial charge in [0.1, 0.15) is 5.75 Å². The molecule has 15 heavy (non-hydrogen) atoms. The van der Waals surface area contributed by atoms with Crippen LogP contribution in [-0.2, 0) is 10.1 Å². The van der Waals surface area contributed by atoms with Crippen LogP contribution >= 0.6 is 0 Å². The van der Waals surface area contributed by atoms with Gasteiger partial charge in [0, 0.05) is 0 Å². The van der Waals surface area contributed by atoms with E-state index in [4.69, 9.17) is 15.0 Å². The Bertz CT molecular complexity index is 429. The van der Waals surface area contributed by atoms with Gasteiger partial charge >= 0.3 is 10.1 Å². The third-order valence-corrected chi connectivity index (χ3v) is 2.94. The maximum atomic E-state index is 10.9. The van der Waals surface area contributed by atoms with Crippen molar-refractivity contribution < 1.29 is 17.7 Å². The number of ether oxygens (including phenoxy) is 1. The fourth-order valence-corrected chi connectivity index (χ4v) is 1.73. The predicted octanol–water partition coefficient (Wildman–Crippen LogP) is 1.27. The van der Waals surface area contributed by atoms with Crippen LogP contribution in [0.2, 0.25) is 0 Å². The fourth-order valence-electron chi connectivity index (χ4n) is 1.08. The van der Waals surface area contributed by atoms with Crippen LogP contribution in [0.25, 0.3) is 0 Å². The molecule has 6 heteroatoms. The average molecular weight is 231 g/mol. The van der Waals surface area contributed by atoms with Crippen LogP contribution in [0.4, 0.5) is 5.69 Å². The highest BCUT2D eigenvalue weighted by atomic mass is 32.2. The molecule has 5 nitrogen and oxygen atoms in total. The lowest BCUT2D eigenvalue weighted by Crippen LogP contribution is -2.26. The molecule has 1 rings (SSSR count). The first-order valence-corrected chi connectivity index (χ1v) is 5.93. The minimum atomic E-state index is -4.21. The Morgan fingerprint density at radius 3 is 2.53 bits per heavy atom. The number of rotatable bonds is 4. The Balaban J connectivity index is 2.90. The summed E-state index contributed by atoms with van der Waals surface area (Å²) >= 11 is 0. The van der Waals surface area contributed by atoms with Crippen LogP contribution in [0, 0.1) is 0 Å². The van der Waals surface area contributed by atoms with Crippen molar-refractivity contribution in [1.82, 2.24) is 0 Å². The number of nitrogen functional groups attached to an aromatic ring is 1. The SMILES string of the molecule is CCC(Oc1ccccc1N)S(=O)(=O)O. The molecule has 0 heterocycles. The van der Waals surface area contributed by atoms with E-state index in [1.165, 1.54) is 0 Å². The molecule has 1 aromatic carbocycles. The molecule has 0 amide bonds. The van der Waals surface area contributed by atoms with Crippen LogP contribution in [0.1, 0.15) is 13.3 Å². The van der Waals surface area contributed by atoms with Gasteiger partial charge in [-0.3, -0.25) is 4.55 Å². The van der Waals surface area contributed by atoms with E-state index < -0.39 is 15.6 Å². The van der Waals surface area contributed by atoms with E-state index in [0.717, 1.165) is 0 Å². The molecule has 0 aliphatic heterocycles. The fraction of sp³-hybridized carbons (Fsp3) is 0.333. The van der Waals surface area contributed by atoms with Crippen LogP contribution in [0.15, 0.2) is 24.3 Å². The number of hydrogen-bond acceptors (Lipinski definition) is 4. The van der Waals surface area contributed by atoms with Crippen molar-refractivity contribution in [2.45, 2.75) is 18.8 Å². The summed E-state index contributed by atoms with van der Waals surface area (Å²) in [4.78, 5) is 0. The second kappa shape index (κ2) is 4.50. The number of nitrogens with two attached hydrogens (primary N) is 1. The Morgan fingerprint density at radius 2 is 2.07 bits per heavy atom. The minimum absolute atomic E-state index is 0.146. The van der Waals surface area contributed by atoms with Crippen molar-refractivity contribution in [3.05, 3.63) is 24.3 Å². The normalized spacial score (nSPS) is 13.5. The summed E-state index contributed by atoms with van der Waals surface area (Å²) < 4.78 is 35.7. The van der Waals surface area contributed by atoms with E-state index in [-0.39, 0.29) is 12.2 Å². The molecular formula is C9H13NO4S. The number of para-hydroxylation sites is 2. The molecule has 1 atom stereocenters. The summed E-state index contributed by atoms with van der Waals surface area (Å²) in [5, 5.41) is 0. The van der Waals surface area contributed by atoms with Crippen molar-refractivity contribution in [3.8, 4) is 5.75 Å². The quantitative estimate of drug-likeness (QED) is 0.601. The van der Waals surface area contributed by atoms with Crippen LogP contribution in [0.5, 0.6) is 5.75 Å². The molecule has 0 bridgehead atoms. The minimum Gasteiger partial charge on any atom is -0.470 e. The highest BCUT2D eigenvalue weighted by molar-refractivity contribution is 7.86. The smallest absolute Gasteiger partial charge is 0.303 e. The summed E-state index contributed by atoms with van der Waals surface area (Å²) in [7, 11) is -4.21. The van der Waals surface area contributed by atoms with Gasteiger partial charge in [0.25, 0.3) is 0 Å². The van der Waals surface area contributed by atoms with E-state index in [9.17, 15) is 8.42 Å². The predicted molar refractivity (Wildman–Crippen MR) is 57.1 cm³/mol. The topological polar surface area (TPSA) is 89.6 Å². The van der Waals surface area contributed by atoms with Crippen LogP contribution in [0.3, 0.4) is 0 Å². The molecule has 0 aliphatic rings. The lowest BCUT2D eigenvalue weighted by molar-refractivity contribution is 0.254. The third-order valence-electron chi connectivity index (χ3n) is 1.84. The molecule has 0 fully saturated rings. The molecular weight excluding hydrogens is 218 g/mol. The van der Waals surface area contributed by atoms with Crippen LogP contribution in [-0.4, -0.2) is 18.4 Å². The average Bonchev–Trinajstić information content (AvgIpc) is 2.14. The molecule has 0 saturated heterocycles. The van der Waals surface area contributed by atoms with E-state index in [1.54, 1.807) is 31.2 Å². The van der Waals surface area contributed by atoms with Gasteiger partial charge in [-0.2, -0.15) is 8.42 Å². The lowest BCUT2D eigenvalue weighted by atomic mass is 10.3. The summed E-state index contributed by atoms with van der Waals surface area (Å²) in [6.45, 7) is 1.59. The van der Waals surface area contributed by atoms with Gasteiger partial charge in [0.2, 0.25) is 5.44 Å². The highest BCUT2D eigenvalue weighted by Crippen LogP contribution is 2.23. The summed E-state index contributed by atoms with van der Waals surface area (Å²) in [5.41, 5.74) is 4.62. The van der Waals surface area contributed by atoms with Crippen molar-refractivity contribution in [3.63, 3.8) is 0 Å². The van der Waals surface area contributed by atoms with Crippen molar-refractivity contribution >= 4 is 15.8 Å². The zero-order chi connectivity index (χ0) is 11.5. The van der Waals surface area contributed by atoms with Gasteiger partial charge < -0.3 is 10.5 Å². The zero-order valence-corrected chi connectivity index (χ0v) is 9.07. The molecule has 1 unspecified atom stereocenters. The second-order valence-electron chi connectivity index (χ2n) is 3.01. The Hall–Kier alpha value is -1.27. The molecule has 0 radical (unpaired) electrons. The van der Waals surface area contributed by atoms with Gasteiger partial charge in [0.05, 0.1) is 5.69 Å². The number of anilines is 1. The number of benzene rings is 1. The standard InChI is InChI=1S/C9H13NO4S/c1-2-9(15(11,12)13)14-8-6-4-3-5-7(8)10/h3-6,9H,2,10H2,1H3,(H,11,12,13). The maximum absolute atomic E-state index is 10.9. The first kappa shape index (κ1) is 11.8. The summed E-state index contributed by atoms with van der Waals surface area (Å²) in [5.74, 6) is 0.252. The lowest BCUT2D eigenvalue weighted by Gasteiger charge is -2.15. The van der Waals surface area contributed by atoms with Gasteiger partial charge in [-0.25, -0.2) is 0 Å². The first-order valence-electron chi connectivity index (χ1n) is 4.42. The van der Waals surface area contributed by atoms with Crippen molar-refractivity contribution in [2.24, 2.45) is 0 Å². The molecule has 0 aliphatic carbocycles. The first-order chi connectivity index (χ1) is 6.95. The summed E-state index contributed by atoms with van der Waals surface area (Å²) in [6, 6.07) is 6.51. The molecule has 0 spiro atoms. The number of hydrogen-bond donors (Lipinski definition) is 2. The highest BCUT2D eigenvalue weighted by Gasteiger charge is 2.23. The van der Waals surface area contributed by atoms with Crippen molar-refractivity contribution in [1.29, 1.82) is 0 Å². The van der Waals surface area contributed by atoms with Gasteiger partial charge in [-0.1, -0.05) is 19.1 Å². The van der Waals surface area contributed by atoms with Gasteiger partial charge in [-0.15, -0.1) is 0 Å². The molecule has 3 N–H and O–H groups in total. The van der Waals surface area contributed by atoms with Crippen LogP contribution < -0.4 is 10.5 Å². The largest absolute Gasteiger partial charge is 0.470 e. The Labute approximate surface area is 88.6 Å². The van der Waals surface area contributed by atoms with Gasteiger partial charge in [0.15, 0.2) is 0 Å². The Morgan fingerprint density at radius 1 is 1.47 bits per heavy atom. The molecule has 0 aromatic heterocycles. The molecule has 0 saturated carbocycles. The third kappa shape index (κ3) is 3.10. The second-order valence-corrected chi connectivity index (χ2v) is 4.56. The van der Waals surface area contributed by atoms with Crippen molar-refractivity contribution in [2.75, 3.05) is 5.73 Å². The van der Waals surface area contributed by atoms with E-state index in [0.29, 0.717) is 5.69 Å². The van der Waals surface area contributed by atoms with Gasteiger partial charge in [-0.05, 0) is 18.6 Å². The molecule has 1 aromatic rings. The zero-order valence-electron chi connectivity index (χ0n) is 8.25. The monoisotopic (exact) mass is 231 g/mol. The maximum Gasteiger partial charge on any atom is 0.303 e. The van der Waals surface area contributed by atoms with E-state index >= 15 is 0 Å². The van der Waals surface area contributed by atoms with E-state index in [2.05, 4.69) is 0 Å². The van der Waals surface area contributed by atoms with E-state index in [1.807, 2.05) is 0 Å². The Kier molecular flexibility index (Phi) is 3.54.